The van der Waals surface area contributed by atoms with Crippen molar-refractivity contribution in [2.24, 2.45) is 10.7 Å². The fourth-order valence-electron chi connectivity index (χ4n) is 2.07. The number of aromatic hydroxyl groups is 1. The topological polar surface area (TPSA) is 127 Å². The number of phenols is 1. The second-order valence-electron chi connectivity index (χ2n) is 4.76. The van der Waals surface area contributed by atoms with E-state index in [1.54, 1.807) is 12.1 Å². The molecule has 22 heavy (non-hydrogen) atoms. The van der Waals surface area contributed by atoms with Crippen LogP contribution >= 0.6 is 7.75 Å². The van der Waals surface area contributed by atoms with E-state index in [9.17, 15) is 19.6 Å². The molecule has 0 aliphatic heterocycles. The first-order valence-electron chi connectivity index (χ1n) is 6.30. The van der Waals surface area contributed by atoms with Crippen LogP contribution in [0.1, 0.15) is 5.56 Å². The normalized spacial score (nSPS) is 20.0. The molecule has 0 saturated carbocycles. The first-order chi connectivity index (χ1) is 10.2. The zero-order chi connectivity index (χ0) is 16.3. The van der Waals surface area contributed by atoms with Crippen LogP contribution in [0.4, 0.5) is 0 Å². The monoisotopic (exact) mass is 323 g/mol. The Morgan fingerprint density at radius 3 is 2.64 bits per heavy atom. The second kappa shape index (κ2) is 6.27. The van der Waals surface area contributed by atoms with E-state index in [1.807, 2.05) is 0 Å². The van der Waals surface area contributed by atoms with E-state index in [0.717, 1.165) is 6.08 Å². The van der Waals surface area contributed by atoms with Crippen molar-refractivity contribution in [3.63, 3.8) is 0 Å². The summed E-state index contributed by atoms with van der Waals surface area (Å²) in [5, 5.41) is 18.8. The Morgan fingerprint density at radius 1 is 1.27 bits per heavy atom. The molecular weight excluding hydrogens is 309 g/mol. The van der Waals surface area contributed by atoms with Crippen LogP contribution in [-0.2, 0) is 15.8 Å². The molecule has 0 spiro atoms. The lowest BCUT2D eigenvalue weighted by Crippen LogP contribution is -2.25. The van der Waals surface area contributed by atoms with Crippen LogP contribution in [-0.4, -0.2) is 31.5 Å². The second-order valence-corrected chi connectivity index (χ2v) is 5.98. The molecular formula is C14H14NO6P. The van der Waals surface area contributed by atoms with Gasteiger partial charge in [0.05, 0.1) is 11.6 Å². The van der Waals surface area contributed by atoms with Gasteiger partial charge in [-0.25, -0.2) is 4.57 Å². The van der Waals surface area contributed by atoms with Gasteiger partial charge in [0.1, 0.15) is 17.3 Å². The molecule has 1 unspecified atom stereocenters. The zero-order valence-corrected chi connectivity index (χ0v) is 12.2. The number of allylic oxidation sites excluding steroid dienone is 3. The molecule has 1 aromatic rings. The molecule has 2 rings (SSSR count). The maximum absolute atomic E-state index is 12.3. The minimum Gasteiger partial charge on any atom is -0.508 e. The number of hydrogen-bond acceptors (Lipinski definition) is 4. The first-order valence-corrected chi connectivity index (χ1v) is 7.86. The Balaban J connectivity index is 2.26. The maximum atomic E-state index is 12.3. The number of aliphatic hydroxyl groups is 1. The van der Waals surface area contributed by atoms with Crippen molar-refractivity contribution in [1.29, 1.82) is 0 Å². The summed E-state index contributed by atoms with van der Waals surface area (Å²) in [5.41, 5.74) is 0.367. The molecule has 0 aromatic heterocycles. The van der Waals surface area contributed by atoms with E-state index in [0.29, 0.717) is 5.56 Å². The number of nitrogens with zero attached hydrogens (tertiary/aromatic N) is 1. The molecule has 0 bridgehead atoms. The summed E-state index contributed by atoms with van der Waals surface area (Å²) < 4.78 is 14.2. The Kier molecular flexibility index (Phi) is 4.61. The van der Waals surface area contributed by atoms with Gasteiger partial charge in [-0.15, -0.1) is 0 Å². The summed E-state index contributed by atoms with van der Waals surface area (Å²) in [6, 6.07) is 6.13. The van der Waals surface area contributed by atoms with Crippen molar-refractivity contribution in [2.75, 3.05) is 0 Å². The van der Waals surface area contributed by atoms with E-state index in [4.69, 9.17) is 9.79 Å². The van der Waals surface area contributed by atoms with E-state index in [1.165, 1.54) is 24.3 Å². The standard InChI is InChI=1S/C14H14NO6P/c16-10-3-1-2-9(6-10)7-14(18)12-5-4-11(17)8-13(12)15-22(19,20)21/h1-6,8,12,16-17H,7H2,(H2,19,20,21)/b15-13+. The number of aliphatic hydroxyl groups excluding tert-OH is 1. The Labute approximate surface area is 126 Å². The minimum atomic E-state index is -4.72. The molecule has 0 saturated heterocycles. The molecule has 1 atom stereocenters. The smallest absolute Gasteiger partial charge is 0.448 e. The lowest BCUT2D eigenvalue weighted by Gasteiger charge is -2.16. The van der Waals surface area contributed by atoms with E-state index < -0.39 is 13.7 Å². The van der Waals surface area contributed by atoms with Gasteiger partial charge < -0.3 is 20.0 Å². The highest BCUT2D eigenvalue weighted by Crippen LogP contribution is 2.38. The summed E-state index contributed by atoms with van der Waals surface area (Å²) >= 11 is 0. The summed E-state index contributed by atoms with van der Waals surface area (Å²) in [7, 11) is -4.72. The summed E-state index contributed by atoms with van der Waals surface area (Å²) in [6.07, 6.45) is 3.60. The zero-order valence-electron chi connectivity index (χ0n) is 11.3. The van der Waals surface area contributed by atoms with Crippen LogP contribution in [0.5, 0.6) is 5.75 Å². The van der Waals surface area contributed by atoms with Crippen LogP contribution in [0.3, 0.4) is 0 Å². The fraction of sp³-hybridized carbons (Fsp3) is 0.143. The Morgan fingerprint density at radius 2 is 2.00 bits per heavy atom. The third-order valence-corrected chi connectivity index (χ3v) is 3.45. The van der Waals surface area contributed by atoms with Gasteiger partial charge in [-0.3, -0.25) is 4.79 Å². The van der Waals surface area contributed by atoms with Crippen molar-refractivity contribution < 1.29 is 29.4 Å². The third kappa shape index (κ3) is 4.39. The van der Waals surface area contributed by atoms with Crippen LogP contribution in [0.15, 0.2) is 53.0 Å². The number of benzene rings is 1. The molecule has 0 radical (unpaired) electrons. The predicted octanol–water partition coefficient (Wildman–Crippen LogP) is 1.67. The number of Topliss-reactive ketones (excluding diaryl/α,β-unsaturated/α-hetero) is 1. The maximum Gasteiger partial charge on any atom is 0.448 e. The van der Waals surface area contributed by atoms with Crippen LogP contribution in [0.25, 0.3) is 0 Å². The van der Waals surface area contributed by atoms with Gasteiger partial charge in [0.15, 0.2) is 0 Å². The quantitative estimate of drug-likeness (QED) is 0.624. The van der Waals surface area contributed by atoms with Gasteiger partial charge in [-0.05, 0) is 23.8 Å². The highest BCUT2D eigenvalue weighted by molar-refractivity contribution is 7.50. The van der Waals surface area contributed by atoms with E-state index in [-0.39, 0.29) is 29.4 Å². The van der Waals surface area contributed by atoms with E-state index in [2.05, 4.69) is 4.76 Å². The molecule has 8 heteroatoms. The van der Waals surface area contributed by atoms with Gasteiger partial charge in [0, 0.05) is 12.5 Å². The Bertz CT molecular complexity index is 731. The average molecular weight is 323 g/mol. The molecule has 7 nitrogen and oxygen atoms in total. The minimum absolute atomic E-state index is 0.0196. The Hall–Kier alpha value is -2.21. The molecule has 1 aliphatic carbocycles. The molecule has 0 fully saturated rings. The molecule has 0 amide bonds. The molecule has 1 aromatic carbocycles. The molecule has 1 aliphatic rings. The SMILES string of the molecule is O=C(Cc1cccc(O)c1)C1C=CC(O)=C/C1=N\P(=O)(O)O. The lowest BCUT2D eigenvalue weighted by molar-refractivity contribution is -0.119. The number of carbonyl (C=O) groups excluding carboxylic acids is 1. The highest BCUT2D eigenvalue weighted by atomic mass is 31.2. The largest absolute Gasteiger partial charge is 0.508 e. The van der Waals surface area contributed by atoms with E-state index >= 15 is 0 Å². The predicted molar refractivity (Wildman–Crippen MR) is 79.6 cm³/mol. The van der Waals surface area contributed by atoms with Crippen molar-refractivity contribution in [3.8, 4) is 5.75 Å². The molecule has 4 N–H and O–H groups in total. The lowest BCUT2D eigenvalue weighted by atomic mass is 9.90. The van der Waals surface area contributed by atoms with Crippen molar-refractivity contribution in [3.05, 3.63) is 53.8 Å². The van der Waals surface area contributed by atoms with Crippen LogP contribution < -0.4 is 0 Å². The number of rotatable bonds is 4. The summed E-state index contributed by atoms with van der Waals surface area (Å²) in [5.74, 6) is -1.55. The average Bonchev–Trinajstić information content (AvgIpc) is 2.36. The third-order valence-electron chi connectivity index (χ3n) is 2.96. The summed E-state index contributed by atoms with van der Waals surface area (Å²) in [4.78, 5) is 30.2. The van der Waals surface area contributed by atoms with Crippen molar-refractivity contribution in [1.82, 2.24) is 0 Å². The number of carbonyl (C=O) groups is 1. The highest BCUT2D eigenvalue weighted by Gasteiger charge is 2.26. The number of phenolic OH excluding ortho intramolecular Hbond substituents is 1. The molecule has 0 heterocycles. The van der Waals surface area contributed by atoms with Gasteiger partial charge >= 0.3 is 7.75 Å². The first kappa shape index (κ1) is 16.2. The van der Waals surface area contributed by atoms with Crippen LogP contribution in [0.2, 0.25) is 0 Å². The molecule has 116 valence electrons. The van der Waals surface area contributed by atoms with Gasteiger partial charge in [0.25, 0.3) is 0 Å². The van der Waals surface area contributed by atoms with Crippen LogP contribution in [0, 0.1) is 5.92 Å². The van der Waals surface area contributed by atoms with Gasteiger partial charge in [-0.1, -0.05) is 18.2 Å². The number of hydrogen-bond donors (Lipinski definition) is 4. The number of ketones is 1. The van der Waals surface area contributed by atoms with Crippen molar-refractivity contribution in [2.45, 2.75) is 6.42 Å². The van der Waals surface area contributed by atoms with Gasteiger partial charge in [-0.2, -0.15) is 4.76 Å². The fourth-order valence-corrected chi connectivity index (χ4v) is 2.56. The summed E-state index contributed by atoms with van der Waals surface area (Å²) in [6.45, 7) is 0. The van der Waals surface area contributed by atoms with Gasteiger partial charge in [0.2, 0.25) is 0 Å². The van der Waals surface area contributed by atoms with Crippen molar-refractivity contribution >= 4 is 19.2 Å².